The van der Waals surface area contributed by atoms with Crippen LogP contribution in [0.3, 0.4) is 0 Å². The molecule has 2 heterocycles. The van der Waals surface area contributed by atoms with Crippen molar-refractivity contribution in [2.24, 2.45) is 0 Å². The SMILES string of the molecule is c1ccc(N[C@H]2CCOC3(CCCC3)C2)nc1. The second-order valence-corrected chi connectivity index (χ2v) is 5.29. The third kappa shape index (κ3) is 2.44. The zero-order valence-electron chi connectivity index (χ0n) is 10.2. The van der Waals surface area contributed by atoms with E-state index in [4.69, 9.17) is 4.74 Å². The van der Waals surface area contributed by atoms with Crippen molar-refractivity contribution in [3.8, 4) is 0 Å². The lowest BCUT2D eigenvalue weighted by molar-refractivity contribution is -0.0767. The van der Waals surface area contributed by atoms with Crippen molar-refractivity contribution in [2.75, 3.05) is 11.9 Å². The second-order valence-electron chi connectivity index (χ2n) is 5.29. The van der Waals surface area contributed by atoms with Crippen molar-refractivity contribution in [3.63, 3.8) is 0 Å². The van der Waals surface area contributed by atoms with E-state index < -0.39 is 0 Å². The zero-order chi connectivity index (χ0) is 11.6. The molecule has 0 radical (unpaired) electrons. The van der Waals surface area contributed by atoms with Gasteiger partial charge in [0.1, 0.15) is 5.82 Å². The highest BCUT2D eigenvalue weighted by Crippen LogP contribution is 2.40. The minimum Gasteiger partial charge on any atom is -0.375 e. The summed E-state index contributed by atoms with van der Waals surface area (Å²) in [4.78, 5) is 4.34. The summed E-state index contributed by atoms with van der Waals surface area (Å²) in [5, 5.41) is 3.54. The van der Waals surface area contributed by atoms with Gasteiger partial charge in [0.05, 0.1) is 5.60 Å². The predicted molar refractivity (Wildman–Crippen MR) is 68.0 cm³/mol. The Hall–Kier alpha value is -1.09. The lowest BCUT2D eigenvalue weighted by Crippen LogP contribution is -2.42. The lowest BCUT2D eigenvalue weighted by atomic mass is 9.89. The fourth-order valence-corrected chi connectivity index (χ4v) is 3.18. The Bertz CT molecular complexity index is 360. The van der Waals surface area contributed by atoms with Gasteiger partial charge in [-0.2, -0.15) is 0 Å². The van der Waals surface area contributed by atoms with Crippen molar-refractivity contribution in [1.82, 2.24) is 4.98 Å². The molecule has 3 rings (SSSR count). The first kappa shape index (κ1) is 11.0. The summed E-state index contributed by atoms with van der Waals surface area (Å²) in [5.74, 6) is 0.993. The van der Waals surface area contributed by atoms with Crippen molar-refractivity contribution in [2.45, 2.75) is 50.2 Å². The fourth-order valence-electron chi connectivity index (χ4n) is 3.18. The van der Waals surface area contributed by atoms with Gasteiger partial charge in [0, 0.05) is 18.8 Å². The van der Waals surface area contributed by atoms with Gasteiger partial charge in [-0.25, -0.2) is 4.98 Å². The number of hydrogen-bond acceptors (Lipinski definition) is 3. The molecule has 1 spiro atoms. The standard InChI is InChI=1S/C14H20N2O/c1-4-9-15-13(5-1)16-12-6-10-17-14(11-12)7-2-3-8-14/h1,4-5,9,12H,2-3,6-8,10-11H2,(H,15,16)/t12-/m0/s1. The van der Waals surface area contributed by atoms with E-state index in [1.807, 2.05) is 24.4 Å². The highest BCUT2D eigenvalue weighted by molar-refractivity contribution is 5.34. The van der Waals surface area contributed by atoms with E-state index in [-0.39, 0.29) is 5.60 Å². The lowest BCUT2D eigenvalue weighted by Gasteiger charge is -2.38. The van der Waals surface area contributed by atoms with Crippen LogP contribution < -0.4 is 5.32 Å². The molecule has 2 aliphatic rings. The monoisotopic (exact) mass is 232 g/mol. The number of ether oxygens (including phenoxy) is 1. The van der Waals surface area contributed by atoms with Gasteiger partial charge in [0.25, 0.3) is 0 Å². The third-order valence-electron chi connectivity index (χ3n) is 4.02. The molecule has 0 amide bonds. The Labute approximate surface area is 103 Å². The first-order chi connectivity index (χ1) is 8.36. The van der Waals surface area contributed by atoms with Crippen molar-refractivity contribution < 1.29 is 4.74 Å². The maximum Gasteiger partial charge on any atom is 0.126 e. The summed E-state index contributed by atoms with van der Waals surface area (Å²) in [5.41, 5.74) is 0.185. The molecule has 1 aromatic rings. The van der Waals surface area contributed by atoms with Gasteiger partial charge in [-0.1, -0.05) is 18.9 Å². The molecule has 92 valence electrons. The minimum atomic E-state index is 0.185. The van der Waals surface area contributed by atoms with Crippen LogP contribution in [-0.2, 0) is 4.74 Å². The topological polar surface area (TPSA) is 34.1 Å². The Morgan fingerprint density at radius 1 is 1.29 bits per heavy atom. The van der Waals surface area contributed by atoms with Crippen LogP contribution in [0.15, 0.2) is 24.4 Å². The molecule has 1 atom stereocenters. The molecule has 3 nitrogen and oxygen atoms in total. The quantitative estimate of drug-likeness (QED) is 0.851. The number of nitrogens with one attached hydrogen (secondary N) is 1. The van der Waals surface area contributed by atoms with E-state index in [9.17, 15) is 0 Å². The van der Waals surface area contributed by atoms with Crippen LogP contribution in [0.5, 0.6) is 0 Å². The van der Waals surface area contributed by atoms with Crippen LogP contribution in [0.25, 0.3) is 0 Å². The highest BCUT2D eigenvalue weighted by Gasteiger charge is 2.39. The maximum absolute atomic E-state index is 6.03. The predicted octanol–water partition coefficient (Wildman–Crippen LogP) is 2.99. The number of nitrogens with zero attached hydrogens (tertiary/aromatic N) is 1. The van der Waals surface area contributed by atoms with Gasteiger partial charge in [0.2, 0.25) is 0 Å². The molecule has 1 aliphatic carbocycles. The van der Waals surface area contributed by atoms with E-state index in [1.54, 1.807) is 0 Å². The average molecular weight is 232 g/mol. The molecule has 1 aliphatic heterocycles. The van der Waals surface area contributed by atoms with Gasteiger partial charge in [-0.05, 0) is 37.8 Å². The molecule has 2 fully saturated rings. The van der Waals surface area contributed by atoms with Gasteiger partial charge in [-0.3, -0.25) is 0 Å². The minimum absolute atomic E-state index is 0.185. The smallest absolute Gasteiger partial charge is 0.126 e. The van der Waals surface area contributed by atoms with Crippen molar-refractivity contribution in [3.05, 3.63) is 24.4 Å². The second kappa shape index (κ2) is 4.65. The molecular formula is C14H20N2O. The van der Waals surface area contributed by atoms with Crippen molar-refractivity contribution >= 4 is 5.82 Å². The maximum atomic E-state index is 6.03. The summed E-state index contributed by atoms with van der Waals surface area (Å²) >= 11 is 0. The van der Waals surface area contributed by atoms with Crippen LogP contribution in [0.2, 0.25) is 0 Å². The number of hydrogen-bond donors (Lipinski definition) is 1. The fraction of sp³-hybridized carbons (Fsp3) is 0.643. The van der Waals surface area contributed by atoms with E-state index >= 15 is 0 Å². The molecule has 0 unspecified atom stereocenters. The summed E-state index contributed by atoms with van der Waals surface area (Å²) in [6.45, 7) is 0.893. The summed E-state index contributed by atoms with van der Waals surface area (Å²) in [7, 11) is 0. The zero-order valence-corrected chi connectivity index (χ0v) is 10.2. The first-order valence-electron chi connectivity index (χ1n) is 6.68. The van der Waals surface area contributed by atoms with Crippen LogP contribution in [0.4, 0.5) is 5.82 Å². The number of pyridine rings is 1. The van der Waals surface area contributed by atoms with Crippen LogP contribution in [0, 0.1) is 0 Å². The van der Waals surface area contributed by atoms with E-state index in [0.29, 0.717) is 6.04 Å². The summed E-state index contributed by atoms with van der Waals surface area (Å²) in [6.07, 6.45) is 9.22. The molecule has 1 saturated heterocycles. The number of aromatic nitrogens is 1. The van der Waals surface area contributed by atoms with Gasteiger partial charge in [-0.15, -0.1) is 0 Å². The molecule has 17 heavy (non-hydrogen) atoms. The summed E-state index contributed by atoms with van der Waals surface area (Å²) < 4.78 is 6.03. The van der Waals surface area contributed by atoms with E-state index in [0.717, 1.165) is 25.3 Å². The van der Waals surface area contributed by atoms with Gasteiger partial charge >= 0.3 is 0 Å². The normalized spacial score (nSPS) is 27.2. The highest BCUT2D eigenvalue weighted by atomic mass is 16.5. The Morgan fingerprint density at radius 3 is 2.94 bits per heavy atom. The molecule has 1 saturated carbocycles. The Balaban J connectivity index is 1.64. The molecule has 0 bridgehead atoms. The molecule has 3 heteroatoms. The van der Waals surface area contributed by atoms with E-state index in [2.05, 4.69) is 10.3 Å². The largest absolute Gasteiger partial charge is 0.375 e. The number of anilines is 1. The average Bonchev–Trinajstić information content (AvgIpc) is 2.79. The van der Waals surface area contributed by atoms with Crippen molar-refractivity contribution in [1.29, 1.82) is 0 Å². The van der Waals surface area contributed by atoms with Gasteiger partial charge in [0.15, 0.2) is 0 Å². The molecule has 0 aromatic carbocycles. The number of rotatable bonds is 2. The van der Waals surface area contributed by atoms with Crippen LogP contribution >= 0.6 is 0 Å². The van der Waals surface area contributed by atoms with Gasteiger partial charge < -0.3 is 10.1 Å². The first-order valence-corrected chi connectivity index (χ1v) is 6.68. The Morgan fingerprint density at radius 2 is 2.18 bits per heavy atom. The van der Waals surface area contributed by atoms with E-state index in [1.165, 1.54) is 25.7 Å². The molecular weight excluding hydrogens is 212 g/mol. The summed E-state index contributed by atoms with van der Waals surface area (Å²) in [6, 6.07) is 6.54. The van der Waals surface area contributed by atoms with Crippen LogP contribution in [0.1, 0.15) is 38.5 Å². The Kier molecular flexibility index (Phi) is 3.02. The third-order valence-corrected chi connectivity index (χ3v) is 4.02. The molecule has 1 N–H and O–H groups in total. The van der Waals surface area contributed by atoms with Crippen LogP contribution in [-0.4, -0.2) is 23.2 Å². The molecule has 1 aromatic heterocycles.